The van der Waals surface area contributed by atoms with Crippen molar-refractivity contribution < 1.29 is 14.3 Å². The number of carbonyl (C=O) groups excluding carboxylic acids is 2. The summed E-state index contributed by atoms with van der Waals surface area (Å²) in [6.45, 7) is 4.81. The molecule has 28 heavy (non-hydrogen) atoms. The van der Waals surface area contributed by atoms with Gasteiger partial charge in [0.15, 0.2) is 6.61 Å². The van der Waals surface area contributed by atoms with E-state index >= 15 is 0 Å². The molecule has 3 rings (SSSR count). The number of nitrogens with zero attached hydrogens (tertiary/aromatic N) is 1. The lowest BCUT2D eigenvalue weighted by atomic mass is 10.0. The Morgan fingerprint density at radius 1 is 1.07 bits per heavy atom. The Morgan fingerprint density at radius 2 is 1.75 bits per heavy atom. The van der Waals surface area contributed by atoms with Crippen LogP contribution in [0.4, 0.5) is 0 Å². The average Bonchev–Trinajstić information content (AvgIpc) is 3.55. The van der Waals surface area contributed by atoms with Crippen LogP contribution in [-0.2, 0) is 16.1 Å². The minimum absolute atomic E-state index is 0.00242. The van der Waals surface area contributed by atoms with E-state index in [0.717, 1.165) is 18.4 Å². The lowest BCUT2D eigenvalue weighted by Crippen LogP contribution is -2.42. The van der Waals surface area contributed by atoms with Crippen molar-refractivity contribution >= 4 is 11.8 Å². The standard InChI is InChI=1S/C23H28N2O3/c1-17(2)19-10-8-18(9-11-19)15-25(20-12-13-20)23(27)14-24-22(26)16-28-21-6-4-3-5-7-21/h3-11,17,20H,12-16H2,1-2H3,(H,24,26). The molecule has 0 aromatic heterocycles. The van der Waals surface area contributed by atoms with Gasteiger partial charge in [-0.1, -0.05) is 56.3 Å². The highest BCUT2D eigenvalue weighted by molar-refractivity contribution is 5.85. The van der Waals surface area contributed by atoms with E-state index < -0.39 is 0 Å². The van der Waals surface area contributed by atoms with Crippen molar-refractivity contribution in [1.29, 1.82) is 0 Å². The number of carbonyl (C=O) groups is 2. The van der Waals surface area contributed by atoms with Gasteiger partial charge in [0.05, 0.1) is 6.54 Å². The van der Waals surface area contributed by atoms with E-state index in [9.17, 15) is 9.59 Å². The number of rotatable bonds is 9. The third-order valence-electron chi connectivity index (χ3n) is 4.86. The van der Waals surface area contributed by atoms with Crippen LogP contribution in [0.3, 0.4) is 0 Å². The zero-order chi connectivity index (χ0) is 19.9. The summed E-state index contributed by atoms with van der Waals surface area (Å²) in [5.41, 5.74) is 2.40. The van der Waals surface area contributed by atoms with Crippen LogP contribution in [0.25, 0.3) is 0 Å². The van der Waals surface area contributed by atoms with Crippen LogP contribution in [0.5, 0.6) is 5.75 Å². The summed E-state index contributed by atoms with van der Waals surface area (Å²) in [4.78, 5) is 26.5. The fourth-order valence-electron chi connectivity index (χ4n) is 3.00. The highest BCUT2D eigenvalue weighted by Crippen LogP contribution is 2.28. The number of nitrogens with one attached hydrogen (secondary N) is 1. The Kier molecular flexibility index (Phi) is 6.69. The normalized spacial score (nSPS) is 13.2. The molecule has 2 amide bonds. The van der Waals surface area contributed by atoms with Crippen molar-refractivity contribution in [3.8, 4) is 5.75 Å². The lowest BCUT2D eigenvalue weighted by molar-refractivity contribution is -0.134. The van der Waals surface area contributed by atoms with E-state index in [1.807, 2.05) is 23.1 Å². The fourth-order valence-corrected chi connectivity index (χ4v) is 3.00. The van der Waals surface area contributed by atoms with E-state index in [1.54, 1.807) is 12.1 Å². The molecule has 0 spiro atoms. The van der Waals surface area contributed by atoms with E-state index in [1.165, 1.54) is 5.56 Å². The first-order valence-corrected chi connectivity index (χ1v) is 9.86. The first-order valence-electron chi connectivity index (χ1n) is 9.86. The smallest absolute Gasteiger partial charge is 0.258 e. The summed E-state index contributed by atoms with van der Waals surface area (Å²) in [7, 11) is 0. The zero-order valence-electron chi connectivity index (χ0n) is 16.6. The number of hydrogen-bond acceptors (Lipinski definition) is 3. The van der Waals surface area contributed by atoms with E-state index in [2.05, 4.69) is 43.4 Å². The molecule has 5 heteroatoms. The van der Waals surface area contributed by atoms with Crippen LogP contribution in [-0.4, -0.2) is 35.9 Å². The summed E-state index contributed by atoms with van der Waals surface area (Å²) < 4.78 is 5.41. The number of amides is 2. The van der Waals surface area contributed by atoms with Crippen LogP contribution in [0.15, 0.2) is 54.6 Å². The second kappa shape index (κ2) is 9.40. The van der Waals surface area contributed by atoms with Crippen molar-refractivity contribution in [3.05, 3.63) is 65.7 Å². The van der Waals surface area contributed by atoms with Crippen molar-refractivity contribution in [3.63, 3.8) is 0 Å². The van der Waals surface area contributed by atoms with Crippen molar-refractivity contribution in [2.45, 2.75) is 45.2 Å². The van der Waals surface area contributed by atoms with Gasteiger partial charge in [-0.05, 0) is 42.0 Å². The van der Waals surface area contributed by atoms with E-state index in [-0.39, 0.29) is 31.0 Å². The third-order valence-corrected chi connectivity index (χ3v) is 4.86. The summed E-state index contributed by atoms with van der Waals surface area (Å²) in [6, 6.07) is 17.9. The highest BCUT2D eigenvalue weighted by atomic mass is 16.5. The Hall–Kier alpha value is -2.82. The average molecular weight is 380 g/mol. The minimum atomic E-state index is -0.297. The number of benzene rings is 2. The zero-order valence-corrected chi connectivity index (χ0v) is 16.6. The Morgan fingerprint density at radius 3 is 2.36 bits per heavy atom. The molecule has 1 N–H and O–H groups in total. The van der Waals surface area contributed by atoms with Crippen LogP contribution in [0, 0.1) is 0 Å². The van der Waals surface area contributed by atoms with Gasteiger partial charge in [-0.3, -0.25) is 9.59 Å². The molecule has 0 unspecified atom stereocenters. The third kappa shape index (κ3) is 5.84. The Balaban J connectivity index is 1.48. The van der Waals surface area contributed by atoms with Crippen LogP contribution >= 0.6 is 0 Å². The second-order valence-electron chi connectivity index (χ2n) is 7.53. The van der Waals surface area contributed by atoms with E-state index in [4.69, 9.17) is 4.74 Å². The molecule has 1 aliphatic carbocycles. The van der Waals surface area contributed by atoms with Crippen molar-refractivity contribution in [2.24, 2.45) is 0 Å². The number of para-hydroxylation sites is 1. The fraction of sp³-hybridized carbons (Fsp3) is 0.391. The van der Waals surface area contributed by atoms with Gasteiger partial charge in [-0.25, -0.2) is 0 Å². The second-order valence-corrected chi connectivity index (χ2v) is 7.53. The van der Waals surface area contributed by atoms with Crippen LogP contribution < -0.4 is 10.1 Å². The van der Waals surface area contributed by atoms with E-state index in [0.29, 0.717) is 18.2 Å². The molecule has 0 atom stereocenters. The van der Waals surface area contributed by atoms with Gasteiger partial charge in [-0.2, -0.15) is 0 Å². The van der Waals surface area contributed by atoms with Crippen molar-refractivity contribution in [2.75, 3.05) is 13.2 Å². The van der Waals surface area contributed by atoms with Gasteiger partial charge >= 0.3 is 0 Å². The van der Waals surface area contributed by atoms with Crippen molar-refractivity contribution in [1.82, 2.24) is 10.2 Å². The van der Waals surface area contributed by atoms with Crippen LogP contribution in [0.2, 0.25) is 0 Å². The molecule has 148 valence electrons. The summed E-state index contributed by atoms with van der Waals surface area (Å²) in [5.74, 6) is 0.773. The number of hydrogen-bond donors (Lipinski definition) is 1. The van der Waals surface area contributed by atoms with Gasteiger partial charge in [0.25, 0.3) is 5.91 Å². The summed E-state index contributed by atoms with van der Waals surface area (Å²) in [5, 5.41) is 2.67. The van der Waals surface area contributed by atoms with Gasteiger partial charge in [-0.15, -0.1) is 0 Å². The maximum Gasteiger partial charge on any atom is 0.258 e. The maximum atomic E-state index is 12.7. The monoisotopic (exact) mass is 380 g/mol. The molecule has 0 aliphatic heterocycles. The topological polar surface area (TPSA) is 58.6 Å². The summed E-state index contributed by atoms with van der Waals surface area (Å²) >= 11 is 0. The van der Waals surface area contributed by atoms with Gasteiger partial charge in [0.1, 0.15) is 5.75 Å². The predicted molar refractivity (Wildman–Crippen MR) is 109 cm³/mol. The molecule has 0 radical (unpaired) electrons. The van der Waals surface area contributed by atoms with Gasteiger partial charge in [0, 0.05) is 12.6 Å². The highest BCUT2D eigenvalue weighted by Gasteiger charge is 2.32. The molecule has 1 aliphatic rings. The van der Waals surface area contributed by atoms with Gasteiger partial charge < -0.3 is 15.0 Å². The molecule has 0 saturated heterocycles. The molecule has 0 bridgehead atoms. The SMILES string of the molecule is CC(C)c1ccc(CN(C(=O)CNC(=O)COc2ccccc2)C2CC2)cc1. The Bertz CT molecular complexity index is 783. The first kappa shape index (κ1) is 19.9. The molecule has 2 aromatic rings. The number of ether oxygens (including phenoxy) is 1. The predicted octanol–water partition coefficient (Wildman–Crippen LogP) is 3.50. The largest absolute Gasteiger partial charge is 0.484 e. The molecule has 2 aromatic carbocycles. The molecule has 0 heterocycles. The Labute approximate surface area is 166 Å². The first-order chi connectivity index (χ1) is 13.5. The molecular weight excluding hydrogens is 352 g/mol. The molecular formula is C23H28N2O3. The summed E-state index contributed by atoms with van der Waals surface area (Å²) in [6.07, 6.45) is 2.06. The molecule has 1 fully saturated rings. The quantitative estimate of drug-likeness (QED) is 0.724. The maximum absolute atomic E-state index is 12.7. The lowest BCUT2D eigenvalue weighted by Gasteiger charge is -2.23. The minimum Gasteiger partial charge on any atom is -0.484 e. The van der Waals surface area contributed by atoms with Gasteiger partial charge in [0.2, 0.25) is 5.91 Å². The molecule has 5 nitrogen and oxygen atoms in total. The van der Waals surface area contributed by atoms with Crippen LogP contribution in [0.1, 0.15) is 43.7 Å². The molecule has 1 saturated carbocycles.